The molecule has 2 atom stereocenters. The molecule has 0 radical (unpaired) electrons. The van der Waals surface area contributed by atoms with Gasteiger partial charge in [0, 0.05) is 11.3 Å². The molecule has 0 aliphatic heterocycles. The summed E-state index contributed by atoms with van der Waals surface area (Å²) in [7, 11) is 0. The second-order valence-electron chi connectivity index (χ2n) is 6.34. The highest BCUT2D eigenvalue weighted by molar-refractivity contribution is 5.15. The van der Waals surface area contributed by atoms with E-state index in [1.165, 1.54) is 25.7 Å². The second-order valence-corrected chi connectivity index (χ2v) is 6.34. The Morgan fingerprint density at radius 1 is 1.12 bits per heavy atom. The zero-order valence-electron chi connectivity index (χ0n) is 10.4. The van der Waals surface area contributed by atoms with Crippen LogP contribution in [0.15, 0.2) is 4.52 Å². The van der Waals surface area contributed by atoms with Gasteiger partial charge in [-0.3, -0.25) is 0 Å². The lowest BCUT2D eigenvalue weighted by molar-refractivity contribution is 0.358. The third-order valence-corrected chi connectivity index (χ3v) is 4.05. The van der Waals surface area contributed by atoms with Crippen LogP contribution in [-0.4, -0.2) is 10.1 Å². The monoisotopic (exact) mass is 220 g/mol. The van der Waals surface area contributed by atoms with E-state index in [9.17, 15) is 0 Å². The molecule has 0 saturated heterocycles. The molecule has 1 aromatic rings. The van der Waals surface area contributed by atoms with Crippen molar-refractivity contribution in [1.29, 1.82) is 0 Å². The molecule has 1 aromatic heterocycles. The van der Waals surface area contributed by atoms with Crippen LogP contribution in [0.5, 0.6) is 0 Å². The van der Waals surface area contributed by atoms with Crippen LogP contribution in [0.25, 0.3) is 0 Å². The molecule has 0 spiro atoms. The van der Waals surface area contributed by atoms with Gasteiger partial charge in [0.2, 0.25) is 5.89 Å². The van der Waals surface area contributed by atoms with Crippen molar-refractivity contribution in [2.24, 2.45) is 11.8 Å². The first-order valence-electron chi connectivity index (χ1n) is 6.41. The molecule has 1 heterocycles. The minimum atomic E-state index is 0.00180. The summed E-state index contributed by atoms with van der Waals surface area (Å²) in [6.45, 7) is 6.38. The fraction of sp³-hybridized carbons (Fsp3) is 0.846. The van der Waals surface area contributed by atoms with Crippen molar-refractivity contribution in [3.05, 3.63) is 11.7 Å². The second kappa shape index (κ2) is 3.31. The van der Waals surface area contributed by atoms with Crippen molar-refractivity contribution in [2.45, 2.75) is 57.8 Å². The zero-order valence-corrected chi connectivity index (χ0v) is 10.4. The number of hydrogen-bond acceptors (Lipinski definition) is 3. The predicted octanol–water partition coefficient (Wildman–Crippen LogP) is 3.27. The summed E-state index contributed by atoms with van der Waals surface area (Å²) < 4.78 is 5.45. The molecule has 0 N–H and O–H groups in total. The van der Waals surface area contributed by atoms with E-state index in [1.807, 2.05) is 0 Å². The Balaban J connectivity index is 1.79. The third-order valence-electron chi connectivity index (χ3n) is 4.05. The number of hydrogen-bond donors (Lipinski definition) is 0. The first kappa shape index (κ1) is 10.3. The largest absolute Gasteiger partial charge is 0.339 e. The molecule has 0 amide bonds. The Hall–Kier alpha value is -0.860. The Bertz CT molecular complexity index is 379. The minimum absolute atomic E-state index is 0.00180. The molecule has 0 aromatic carbocycles. The maximum Gasteiger partial charge on any atom is 0.230 e. The normalized spacial score (nSPS) is 33.6. The SMILES string of the molecule is CC(C)(C)c1noc(C2C3CCCCC32)n1. The molecule has 2 unspecified atom stereocenters. The summed E-state index contributed by atoms with van der Waals surface area (Å²) >= 11 is 0. The molecule has 3 heteroatoms. The van der Waals surface area contributed by atoms with Crippen LogP contribution in [0.1, 0.15) is 64.1 Å². The van der Waals surface area contributed by atoms with E-state index < -0.39 is 0 Å². The maximum atomic E-state index is 5.45. The first-order valence-corrected chi connectivity index (χ1v) is 6.41. The molecule has 0 bridgehead atoms. The highest BCUT2D eigenvalue weighted by Gasteiger charge is 2.54. The number of nitrogens with zero attached hydrogens (tertiary/aromatic N) is 2. The highest BCUT2D eigenvalue weighted by atomic mass is 16.5. The van der Waals surface area contributed by atoms with E-state index in [4.69, 9.17) is 4.52 Å². The molecule has 2 aliphatic carbocycles. The molecule has 2 saturated carbocycles. The lowest BCUT2D eigenvalue weighted by Gasteiger charge is -2.10. The molecular formula is C13H20N2O. The quantitative estimate of drug-likeness (QED) is 0.729. The van der Waals surface area contributed by atoms with E-state index >= 15 is 0 Å². The summed E-state index contributed by atoms with van der Waals surface area (Å²) in [6.07, 6.45) is 5.50. The molecular weight excluding hydrogens is 200 g/mol. The van der Waals surface area contributed by atoms with Gasteiger partial charge in [-0.15, -0.1) is 0 Å². The van der Waals surface area contributed by atoms with Crippen molar-refractivity contribution < 1.29 is 4.52 Å². The van der Waals surface area contributed by atoms with Crippen LogP contribution in [0.2, 0.25) is 0 Å². The number of fused-ring (bicyclic) bond motifs is 1. The zero-order chi connectivity index (χ0) is 11.3. The van der Waals surface area contributed by atoms with Crippen LogP contribution in [0, 0.1) is 11.8 Å². The maximum absolute atomic E-state index is 5.45. The van der Waals surface area contributed by atoms with Gasteiger partial charge in [-0.25, -0.2) is 0 Å². The lowest BCUT2D eigenvalue weighted by atomic mass is 9.96. The summed E-state index contributed by atoms with van der Waals surface area (Å²) in [5.41, 5.74) is 0.00180. The van der Waals surface area contributed by atoms with Gasteiger partial charge in [0.1, 0.15) is 0 Å². The van der Waals surface area contributed by atoms with Crippen LogP contribution in [-0.2, 0) is 5.41 Å². The average molecular weight is 220 g/mol. The van der Waals surface area contributed by atoms with Gasteiger partial charge in [0.05, 0.1) is 0 Å². The van der Waals surface area contributed by atoms with E-state index in [1.54, 1.807) is 0 Å². The van der Waals surface area contributed by atoms with Crippen LogP contribution in [0.3, 0.4) is 0 Å². The van der Waals surface area contributed by atoms with Gasteiger partial charge >= 0.3 is 0 Å². The average Bonchev–Trinajstić information content (AvgIpc) is 2.72. The van der Waals surface area contributed by atoms with E-state index in [2.05, 4.69) is 30.9 Å². The summed E-state index contributed by atoms with van der Waals surface area (Å²) in [5, 5.41) is 4.12. The van der Waals surface area contributed by atoms with E-state index in [0.717, 1.165) is 23.6 Å². The third kappa shape index (κ3) is 1.57. The van der Waals surface area contributed by atoms with Crippen molar-refractivity contribution >= 4 is 0 Å². The van der Waals surface area contributed by atoms with Crippen LogP contribution in [0.4, 0.5) is 0 Å². The Morgan fingerprint density at radius 3 is 2.25 bits per heavy atom. The summed E-state index contributed by atoms with van der Waals surface area (Å²) in [5.74, 6) is 4.04. The first-order chi connectivity index (χ1) is 7.57. The molecule has 3 rings (SSSR count). The fourth-order valence-corrected chi connectivity index (χ4v) is 3.03. The highest BCUT2D eigenvalue weighted by Crippen LogP contribution is 2.60. The molecule has 88 valence electrons. The molecule has 2 fully saturated rings. The van der Waals surface area contributed by atoms with Gasteiger partial charge < -0.3 is 4.52 Å². The van der Waals surface area contributed by atoms with Gasteiger partial charge in [-0.05, 0) is 24.7 Å². The standard InChI is InChI=1S/C13H20N2O/c1-13(2,3)12-14-11(16-15-12)10-8-6-4-5-7-9(8)10/h8-10H,4-7H2,1-3H3. The lowest BCUT2D eigenvalue weighted by Crippen LogP contribution is -2.13. The summed E-state index contributed by atoms with van der Waals surface area (Å²) in [4.78, 5) is 4.59. The smallest absolute Gasteiger partial charge is 0.230 e. The van der Waals surface area contributed by atoms with Crippen LogP contribution >= 0.6 is 0 Å². The molecule has 3 nitrogen and oxygen atoms in total. The van der Waals surface area contributed by atoms with Crippen molar-refractivity contribution in [3.63, 3.8) is 0 Å². The molecule has 16 heavy (non-hydrogen) atoms. The van der Waals surface area contributed by atoms with Crippen LogP contribution < -0.4 is 0 Å². The van der Waals surface area contributed by atoms with Gasteiger partial charge in [0.15, 0.2) is 5.82 Å². The topological polar surface area (TPSA) is 38.9 Å². The predicted molar refractivity (Wildman–Crippen MR) is 61.2 cm³/mol. The fourth-order valence-electron chi connectivity index (χ4n) is 3.03. The van der Waals surface area contributed by atoms with Crippen molar-refractivity contribution in [1.82, 2.24) is 10.1 Å². The summed E-state index contributed by atoms with van der Waals surface area (Å²) in [6, 6.07) is 0. The van der Waals surface area contributed by atoms with E-state index in [-0.39, 0.29) is 5.41 Å². The number of rotatable bonds is 1. The molecule has 2 aliphatic rings. The van der Waals surface area contributed by atoms with Crippen molar-refractivity contribution in [3.8, 4) is 0 Å². The van der Waals surface area contributed by atoms with Gasteiger partial charge in [0.25, 0.3) is 0 Å². The minimum Gasteiger partial charge on any atom is -0.339 e. The Kier molecular flexibility index (Phi) is 2.13. The Labute approximate surface area is 96.6 Å². The number of aromatic nitrogens is 2. The van der Waals surface area contributed by atoms with Crippen molar-refractivity contribution in [2.75, 3.05) is 0 Å². The van der Waals surface area contributed by atoms with E-state index in [0.29, 0.717) is 5.92 Å². The van der Waals surface area contributed by atoms with Gasteiger partial charge in [-0.1, -0.05) is 38.8 Å². The van der Waals surface area contributed by atoms with Gasteiger partial charge in [-0.2, -0.15) is 4.98 Å². The Morgan fingerprint density at radius 2 is 1.75 bits per heavy atom.